The van der Waals surface area contributed by atoms with Crippen LogP contribution in [-0.2, 0) is 0 Å². The Morgan fingerprint density at radius 1 is 1.23 bits per heavy atom. The predicted molar refractivity (Wildman–Crippen MR) is 58.9 cm³/mol. The van der Waals surface area contributed by atoms with E-state index in [-0.39, 0.29) is 12.4 Å². The second-order valence-corrected chi connectivity index (χ2v) is 2.69. The molecule has 0 aliphatic rings. The molecule has 0 atom stereocenters. The number of phenolic OH excluding ortho intramolecular Hbond substituents is 1. The van der Waals surface area contributed by atoms with Crippen LogP contribution in [-0.4, -0.2) is 18.2 Å². The first kappa shape index (κ1) is 12.1. The summed E-state index contributed by atoms with van der Waals surface area (Å²) < 4.78 is 0. The molecule has 1 aromatic carbocycles. The molecule has 0 aliphatic carbocycles. The molecule has 1 rings (SSSR count). The van der Waals surface area contributed by atoms with Crippen LogP contribution in [0.15, 0.2) is 24.3 Å². The number of rotatable bonds is 3. The van der Waals surface area contributed by atoms with Gasteiger partial charge in [0, 0.05) is 24.8 Å². The summed E-state index contributed by atoms with van der Waals surface area (Å²) in [5, 5.41) is 9.23. The molecule has 3 heteroatoms. The first-order valence-electron chi connectivity index (χ1n) is 4.32. The Bertz CT molecular complexity index is 248. The summed E-state index contributed by atoms with van der Waals surface area (Å²) in [4.78, 5) is 2.19. The van der Waals surface area contributed by atoms with E-state index < -0.39 is 0 Å². The van der Waals surface area contributed by atoms with E-state index in [0.29, 0.717) is 5.75 Å². The molecule has 2 nitrogen and oxygen atoms in total. The van der Waals surface area contributed by atoms with Crippen LogP contribution in [0, 0.1) is 0 Å². The molecule has 0 spiro atoms. The SMILES string of the molecule is CCN(CC)c1cccc(O)c1.Cl. The lowest BCUT2D eigenvalue weighted by Crippen LogP contribution is -2.21. The van der Waals surface area contributed by atoms with Crippen molar-refractivity contribution in [3.05, 3.63) is 24.3 Å². The Balaban J connectivity index is 0.00000144. The quantitative estimate of drug-likeness (QED) is 0.813. The molecular formula is C10H16ClNO. The summed E-state index contributed by atoms with van der Waals surface area (Å²) in [5.41, 5.74) is 1.08. The summed E-state index contributed by atoms with van der Waals surface area (Å²) in [5.74, 6) is 0.333. The molecule has 13 heavy (non-hydrogen) atoms. The number of hydrogen-bond acceptors (Lipinski definition) is 2. The summed E-state index contributed by atoms with van der Waals surface area (Å²) >= 11 is 0. The van der Waals surface area contributed by atoms with Crippen molar-refractivity contribution in [1.82, 2.24) is 0 Å². The predicted octanol–water partition coefficient (Wildman–Crippen LogP) is 2.66. The molecule has 0 amide bonds. The standard InChI is InChI=1S/C10H15NO.ClH/c1-3-11(4-2)9-6-5-7-10(12)8-9;/h5-8,12H,3-4H2,1-2H3;1H. The van der Waals surface area contributed by atoms with Crippen molar-refractivity contribution in [2.24, 2.45) is 0 Å². The molecule has 0 fully saturated rings. The van der Waals surface area contributed by atoms with Crippen molar-refractivity contribution in [2.75, 3.05) is 18.0 Å². The van der Waals surface area contributed by atoms with Gasteiger partial charge in [-0.15, -0.1) is 12.4 Å². The van der Waals surface area contributed by atoms with E-state index in [1.54, 1.807) is 12.1 Å². The van der Waals surface area contributed by atoms with E-state index in [9.17, 15) is 5.11 Å². The van der Waals surface area contributed by atoms with Crippen LogP contribution in [0.25, 0.3) is 0 Å². The summed E-state index contributed by atoms with van der Waals surface area (Å²) in [6.07, 6.45) is 0. The molecule has 0 saturated heterocycles. The fourth-order valence-corrected chi connectivity index (χ4v) is 1.28. The molecular weight excluding hydrogens is 186 g/mol. The van der Waals surface area contributed by atoms with Crippen LogP contribution in [0.5, 0.6) is 5.75 Å². The number of benzene rings is 1. The molecule has 0 bridgehead atoms. The van der Waals surface area contributed by atoms with Gasteiger partial charge < -0.3 is 10.0 Å². The number of hydrogen-bond donors (Lipinski definition) is 1. The van der Waals surface area contributed by atoms with Gasteiger partial charge in [0.15, 0.2) is 0 Å². The van der Waals surface area contributed by atoms with Gasteiger partial charge in [0.1, 0.15) is 5.75 Å². The van der Waals surface area contributed by atoms with E-state index in [4.69, 9.17) is 0 Å². The average molecular weight is 202 g/mol. The van der Waals surface area contributed by atoms with Crippen LogP contribution in [0.2, 0.25) is 0 Å². The zero-order valence-corrected chi connectivity index (χ0v) is 8.84. The highest BCUT2D eigenvalue weighted by Gasteiger charge is 2.00. The number of nitrogens with zero attached hydrogens (tertiary/aromatic N) is 1. The maximum Gasteiger partial charge on any atom is 0.117 e. The van der Waals surface area contributed by atoms with Gasteiger partial charge in [0.2, 0.25) is 0 Å². The molecule has 0 aromatic heterocycles. The molecule has 1 aromatic rings. The molecule has 0 aliphatic heterocycles. The first-order chi connectivity index (χ1) is 5.77. The van der Waals surface area contributed by atoms with Gasteiger partial charge in [-0.3, -0.25) is 0 Å². The highest BCUT2D eigenvalue weighted by molar-refractivity contribution is 5.85. The fourth-order valence-electron chi connectivity index (χ4n) is 1.28. The summed E-state index contributed by atoms with van der Waals surface area (Å²) in [6.45, 7) is 6.15. The number of anilines is 1. The van der Waals surface area contributed by atoms with Crippen molar-refractivity contribution in [1.29, 1.82) is 0 Å². The molecule has 0 radical (unpaired) electrons. The third-order valence-electron chi connectivity index (χ3n) is 1.96. The topological polar surface area (TPSA) is 23.5 Å². The van der Waals surface area contributed by atoms with Crippen molar-refractivity contribution in [2.45, 2.75) is 13.8 Å². The second-order valence-electron chi connectivity index (χ2n) is 2.69. The number of halogens is 1. The maximum absolute atomic E-state index is 9.23. The fraction of sp³-hybridized carbons (Fsp3) is 0.400. The second kappa shape index (κ2) is 5.70. The minimum atomic E-state index is 0. The van der Waals surface area contributed by atoms with Crippen molar-refractivity contribution < 1.29 is 5.11 Å². The average Bonchev–Trinajstić information content (AvgIpc) is 2.07. The molecule has 74 valence electrons. The van der Waals surface area contributed by atoms with Crippen molar-refractivity contribution in [3.8, 4) is 5.75 Å². The lowest BCUT2D eigenvalue weighted by atomic mass is 10.2. The van der Waals surface area contributed by atoms with Crippen LogP contribution in [0.3, 0.4) is 0 Å². The van der Waals surface area contributed by atoms with E-state index in [2.05, 4.69) is 18.7 Å². The third kappa shape index (κ3) is 3.15. The minimum absolute atomic E-state index is 0. The summed E-state index contributed by atoms with van der Waals surface area (Å²) in [7, 11) is 0. The van der Waals surface area contributed by atoms with Crippen molar-refractivity contribution in [3.63, 3.8) is 0 Å². The molecule has 0 saturated carbocycles. The molecule has 0 unspecified atom stereocenters. The van der Waals surface area contributed by atoms with E-state index in [1.807, 2.05) is 12.1 Å². The lowest BCUT2D eigenvalue weighted by Gasteiger charge is -2.20. The number of phenols is 1. The highest BCUT2D eigenvalue weighted by atomic mass is 35.5. The van der Waals surface area contributed by atoms with Gasteiger partial charge >= 0.3 is 0 Å². The molecule has 1 N–H and O–H groups in total. The Labute approximate surface area is 85.6 Å². The Morgan fingerprint density at radius 2 is 1.85 bits per heavy atom. The van der Waals surface area contributed by atoms with E-state index in [1.165, 1.54) is 0 Å². The maximum atomic E-state index is 9.23. The van der Waals surface area contributed by atoms with Crippen LogP contribution < -0.4 is 4.90 Å². The first-order valence-corrected chi connectivity index (χ1v) is 4.32. The Morgan fingerprint density at radius 3 is 2.31 bits per heavy atom. The zero-order valence-electron chi connectivity index (χ0n) is 8.03. The third-order valence-corrected chi connectivity index (χ3v) is 1.96. The molecule has 0 heterocycles. The van der Waals surface area contributed by atoms with Gasteiger partial charge in [-0.25, -0.2) is 0 Å². The minimum Gasteiger partial charge on any atom is -0.508 e. The van der Waals surface area contributed by atoms with Gasteiger partial charge in [-0.05, 0) is 26.0 Å². The van der Waals surface area contributed by atoms with Gasteiger partial charge in [-0.2, -0.15) is 0 Å². The summed E-state index contributed by atoms with van der Waals surface area (Å²) in [6, 6.07) is 7.34. The van der Waals surface area contributed by atoms with Gasteiger partial charge in [0.05, 0.1) is 0 Å². The smallest absolute Gasteiger partial charge is 0.117 e. The van der Waals surface area contributed by atoms with Gasteiger partial charge in [0.25, 0.3) is 0 Å². The Hall–Kier alpha value is -0.890. The van der Waals surface area contributed by atoms with E-state index >= 15 is 0 Å². The van der Waals surface area contributed by atoms with Crippen molar-refractivity contribution >= 4 is 18.1 Å². The monoisotopic (exact) mass is 201 g/mol. The van der Waals surface area contributed by atoms with Crippen LogP contribution in [0.4, 0.5) is 5.69 Å². The number of aromatic hydroxyl groups is 1. The Kier molecular flexibility index (Phi) is 5.31. The largest absolute Gasteiger partial charge is 0.508 e. The van der Waals surface area contributed by atoms with Crippen LogP contribution in [0.1, 0.15) is 13.8 Å². The van der Waals surface area contributed by atoms with Crippen LogP contribution >= 0.6 is 12.4 Å². The van der Waals surface area contributed by atoms with E-state index in [0.717, 1.165) is 18.8 Å². The van der Waals surface area contributed by atoms with Gasteiger partial charge in [-0.1, -0.05) is 6.07 Å². The lowest BCUT2D eigenvalue weighted by molar-refractivity contribution is 0.475. The zero-order chi connectivity index (χ0) is 8.97. The highest BCUT2D eigenvalue weighted by Crippen LogP contribution is 2.19. The normalized spacial score (nSPS) is 9.08.